The van der Waals surface area contributed by atoms with Gasteiger partial charge in [-0.3, -0.25) is 14.3 Å². The first kappa shape index (κ1) is 17.6. The molecule has 1 amide bonds. The third-order valence-corrected chi connectivity index (χ3v) is 5.12. The minimum Gasteiger partial charge on any atom is -0.323 e. The lowest BCUT2D eigenvalue weighted by atomic mass is 9.99. The third-order valence-electron chi connectivity index (χ3n) is 4.31. The van der Waals surface area contributed by atoms with E-state index in [0.29, 0.717) is 17.6 Å². The lowest BCUT2D eigenvalue weighted by Crippen LogP contribution is -2.46. The van der Waals surface area contributed by atoms with Gasteiger partial charge < -0.3 is 4.90 Å². The molecule has 0 bridgehead atoms. The van der Waals surface area contributed by atoms with Gasteiger partial charge in [0, 0.05) is 28.9 Å². The van der Waals surface area contributed by atoms with E-state index < -0.39 is 10.8 Å². The fraction of sp³-hybridized carbons (Fsp3) is 0.933. The van der Waals surface area contributed by atoms with Gasteiger partial charge in [-0.1, -0.05) is 34.1 Å². The number of nitrogens with one attached hydrogen (secondary N) is 1. The zero-order valence-electron chi connectivity index (χ0n) is 13.7. The van der Waals surface area contributed by atoms with Crippen molar-refractivity contribution in [3.8, 4) is 0 Å². The minimum absolute atomic E-state index is 0.0676. The summed E-state index contributed by atoms with van der Waals surface area (Å²) >= 11 is 0. The van der Waals surface area contributed by atoms with Crippen LogP contribution in [0.4, 0.5) is 0 Å². The van der Waals surface area contributed by atoms with Crippen molar-refractivity contribution in [3.63, 3.8) is 0 Å². The fourth-order valence-corrected chi connectivity index (χ4v) is 3.43. The molecule has 1 aliphatic heterocycles. The van der Waals surface area contributed by atoms with Crippen molar-refractivity contribution in [2.45, 2.75) is 65.7 Å². The Balaban J connectivity index is 2.84. The van der Waals surface area contributed by atoms with E-state index in [4.69, 9.17) is 0 Å². The van der Waals surface area contributed by atoms with E-state index in [-0.39, 0.29) is 24.2 Å². The van der Waals surface area contributed by atoms with Crippen LogP contribution in [0, 0.1) is 11.8 Å². The quantitative estimate of drug-likeness (QED) is 0.782. The summed E-state index contributed by atoms with van der Waals surface area (Å²) in [5, 5.41) is 3.51. The molecule has 0 saturated carbocycles. The van der Waals surface area contributed by atoms with Crippen LogP contribution in [0.2, 0.25) is 0 Å². The monoisotopic (exact) mass is 302 g/mol. The van der Waals surface area contributed by atoms with Crippen molar-refractivity contribution in [3.05, 3.63) is 0 Å². The van der Waals surface area contributed by atoms with Gasteiger partial charge in [-0.2, -0.15) is 0 Å². The predicted molar refractivity (Wildman–Crippen MR) is 84.9 cm³/mol. The Bertz CT molecular complexity index is 360. The second-order valence-corrected chi connectivity index (χ2v) is 7.93. The van der Waals surface area contributed by atoms with Crippen LogP contribution in [0.1, 0.15) is 47.5 Å². The Morgan fingerprint density at radius 2 is 1.90 bits per heavy atom. The average Bonchev–Trinajstić information content (AvgIpc) is 2.73. The van der Waals surface area contributed by atoms with Crippen molar-refractivity contribution in [2.75, 3.05) is 12.0 Å². The smallest absolute Gasteiger partial charge is 0.241 e. The van der Waals surface area contributed by atoms with Crippen LogP contribution in [0.25, 0.3) is 0 Å². The molecule has 1 saturated heterocycles. The maximum Gasteiger partial charge on any atom is 0.241 e. The lowest BCUT2D eigenvalue weighted by molar-refractivity contribution is -0.133. The van der Waals surface area contributed by atoms with Crippen molar-refractivity contribution in [1.82, 2.24) is 10.2 Å². The Labute approximate surface area is 126 Å². The van der Waals surface area contributed by atoms with E-state index in [1.54, 1.807) is 6.26 Å². The molecule has 0 aliphatic carbocycles. The third kappa shape index (κ3) is 4.04. The summed E-state index contributed by atoms with van der Waals surface area (Å²) < 4.78 is 11.3. The van der Waals surface area contributed by atoms with Crippen LogP contribution in [0.5, 0.6) is 0 Å². The summed E-state index contributed by atoms with van der Waals surface area (Å²) in [7, 11) is -0.797. The van der Waals surface area contributed by atoms with Gasteiger partial charge in [0.05, 0.1) is 12.2 Å². The van der Waals surface area contributed by atoms with Crippen LogP contribution >= 0.6 is 0 Å². The van der Waals surface area contributed by atoms with Crippen LogP contribution in [0.3, 0.4) is 0 Å². The van der Waals surface area contributed by atoms with Crippen LogP contribution in [0.15, 0.2) is 0 Å². The molecular formula is C15H30N2O2S. The van der Waals surface area contributed by atoms with E-state index in [9.17, 15) is 9.00 Å². The predicted octanol–water partition coefficient (Wildman–Crippen LogP) is 1.97. The highest BCUT2D eigenvalue weighted by Crippen LogP contribution is 2.26. The van der Waals surface area contributed by atoms with E-state index >= 15 is 0 Å². The SMILES string of the molecule is CCC(C)C1NC(C(C)C)N(C(C)CCS(C)=O)C1=O. The Hall–Kier alpha value is -0.420. The molecule has 20 heavy (non-hydrogen) atoms. The maximum atomic E-state index is 12.7. The van der Waals surface area contributed by atoms with Crippen LogP contribution < -0.4 is 5.32 Å². The summed E-state index contributed by atoms with van der Waals surface area (Å²) in [6.07, 6.45) is 3.61. The molecule has 1 fully saturated rings. The zero-order valence-corrected chi connectivity index (χ0v) is 14.5. The molecular weight excluding hydrogens is 272 g/mol. The van der Waals surface area contributed by atoms with Crippen molar-refractivity contribution in [1.29, 1.82) is 0 Å². The molecule has 0 radical (unpaired) electrons. The van der Waals surface area contributed by atoms with Crippen molar-refractivity contribution < 1.29 is 9.00 Å². The van der Waals surface area contributed by atoms with Gasteiger partial charge in [0.25, 0.3) is 0 Å². The number of rotatable bonds is 7. The fourth-order valence-electron chi connectivity index (χ4n) is 2.76. The molecule has 1 heterocycles. The molecule has 5 unspecified atom stereocenters. The molecule has 1 aliphatic rings. The summed E-state index contributed by atoms with van der Waals surface area (Å²) in [5.41, 5.74) is 0. The van der Waals surface area contributed by atoms with E-state index in [1.807, 2.05) is 4.90 Å². The average molecular weight is 302 g/mol. The molecule has 5 heteroatoms. The summed E-state index contributed by atoms with van der Waals surface area (Å²) in [6, 6.07) is 0.0716. The highest BCUT2D eigenvalue weighted by atomic mass is 32.2. The highest BCUT2D eigenvalue weighted by Gasteiger charge is 2.43. The van der Waals surface area contributed by atoms with Gasteiger partial charge >= 0.3 is 0 Å². The molecule has 0 aromatic rings. The van der Waals surface area contributed by atoms with Gasteiger partial charge in [-0.25, -0.2) is 0 Å². The zero-order chi connectivity index (χ0) is 15.4. The van der Waals surface area contributed by atoms with Gasteiger partial charge in [-0.05, 0) is 25.2 Å². The molecule has 0 aromatic carbocycles. The molecule has 0 spiro atoms. The van der Waals surface area contributed by atoms with Gasteiger partial charge in [0.1, 0.15) is 0 Å². The molecule has 1 rings (SSSR count). The number of carbonyl (C=O) groups is 1. The van der Waals surface area contributed by atoms with Crippen LogP contribution in [-0.2, 0) is 15.6 Å². The Morgan fingerprint density at radius 3 is 2.35 bits per heavy atom. The second-order valence-electron chi connectivity index (χ2n) is 6.38. The van der Waals surface area contributed by atoms with E-state index in [1.165, 1.54) is 0 Å². The van der Waals surface area contributed by atoms with Crippen LogP contribution in [-0.4, -0.2) is 45.3 Å². The maximum absolute atomic E-state index is 12.7. The lowest BCUT2D eigenvalue weighted by Gasteiger charge is -2.32. The summed E-state index contributed by atoms with van der Waals surface area (Å²) in [5.74, 6) is 1.60. The van der Waals surface area contributed by atoms with Crippen molar-refractivity contribution in [2.24, 2.45) is 11.8 Å². The first-order valence-electron chi connectivity index (χ1n) is 7.67. The molecule has 1 N–H and O–H groups in total. The van der Waals surface area contributed by atoms with Crippen molar-refractivity contribution >= 4 is 16.7 Å². The molecule has 4 nitrogen and oxygen atoms in total. The molecule has 5 atom stereocenters. The first-order chi connectivity index (χ1) is 9.29. The van der Waals surface area contributed by atoms with E-state index in [0.717, 1.165) is 12.8 Å². The molecule has 0 aromatic heterocycles. The van der Waals surface area contributed by atoms with E-state index in [2.05, 4.69) is 39.9 Å². The standard InChI is InChI=1S/C15H30N2O2S/c1-7-11(4)13-15(18)17(14(16-13)10(2)3)12(5)8-9-20(6)19/h10-14,16H,7-9H2,1-6H3. The first-order valence-corrected chi connectivity index (χ1v) is 9.40. The summed E-state index contributed by atoms with van der Waals surface area (Å²) in [4.78, 5) is 14.7. The Kier molecular flexibility index (Phi) is 6.65. The number of hydrogen-bond donors (Lipinski definition) is 1. The topological polar surface area (TPSA) is 49.4 Å². The number of nitrogens with zero attached hydrogens (tertiary/aromatic N) is 1. The van der Waals surface area contributed by atoms with Gasteiger partial charge in [0.15, 0.2) is 0 Å². The number of hydrogen-bond acceptors (Lipinski definition) is 3. The summed E-state index contributed by atoms with van der Waals surface area (Å²) in [6.45, 7) is 10.6. The minimum atomic E-state index is -0.797. The van der Waals surface area contributed by atoms with Gasteiger partial charge in [0.2, 0.25) is 5.91 Å². The molecule has 118 valence electrons. The second kappa shape index (κ2) is 7.55. The van der Waals surface area contributed by atoms with Gasteiger partial charge in [-0.15, -0.1) is 0 Å². The highest BCUT2D eigenvalue weighted by molar-refractivity contribution is 7.84. The number of amides is 1. The number of carbonyl (C=O) groups excluding carboxylic acids is 1. The normalized spacial score (nSPS) is 27.9. The largest absolute Gasteiger partial charge is 0.323 e. The Morgan fingerprint density at radius 1 is 1.30 bits per heavy atom.